The van der Waals surface area contributed by atoms with Gasteiger partial charge in [-0.15, -0.1) is 0 Å². The summed E-state index contributed by atoms with van der Waals surface area (Å²) < 4.78 is 0. The van der Waals surface area contributed by atoms with Gasteiger partial charge in [-0.2, -0.15) is 0 Å². The van der Waals surface area contributed by atoms with Crippen LogP contribution in [0.2, 0.25) is 0 Å². The number of unbranched alkanes of at least 4 members (excludes halogenated alkanes) is 2. The van der Waals surface area contributed by atoms with Crippen LogP contribution in [-0.4, -0.2) is 42.7 Å². The predicted molar refractivity (Wildman–Crippen MR) is 76.3 cm³/mol. The summed E-state index contributed by atoms with van der Waals surface area (Å²) in [4.78, 5) is 4.96. The van der Waals surface area contributed by atoms with Crippen LogP contribution in [0.4, 0.5) is 5.69 Å². The fourth-order valence-corrected chi connectivity index (χ4v) is 2.48. The molecular weight excluding hydrogens is 224 g/mol. The Labute approximate surface area is 110 Å². The van der Waals surface area contributed by atoms with Crippen LogP contribution < -0.4 is 4.90 Å². The summed E-state index contributed by atoms with van der Waals surface area (Å²) in [5, 5.41) is 9.29. The Bertz CT molecular complexity index is 342. The Hall–Kier alpha value is -1.22. The average molecular weight is 248 g/mol. The molecule has 1 aromatic carbocycles. The van der Waals surface area contributed by atoms with Gasteiger partial charge < -0.3 is 10.0 Å². The maximum atomic E-state index is 9.29. The van der Waals surface area contributed by atoms with E-state index in [1.165, 1.54) is 31.5 Å². The summed E-state index contributed by atoms with van der Waals surface area (Å²) in [5.41, 5.74) is 1.22. The van der Waals surface area contributed by atoms with Gasteiger partial charge in [-0.05, 0) is 37.2 Å². The molecule has 0 atom stereocenters. The van der Waals surface area contributed by atoms with Crippen molar-refractivity contribution in [2.45, 2.75) is 26.2 Å². The molecule has 1 aliphatic rings. The first-order valence-electron chi connectivity index (χ1n) is 7.06. The van der Waals surface area contributed by atoms with Crippen molar-refractivity contribution >= 4 is 5.69 Å². The fraction of sp³-hybridized carbons (Fsp3) is 0.600. The highest BCUT2D eigenvalue weighted by Gasteiger charge is 2.16. The number of piperazine rings is 1. The standard InChI is InChI=1S/C15H24N2O/c1-2-3-4-9-16-10-12-17(13-11-16)14-5-7-15(18)8-6-14/h5-8,18H,2-4,9-13H2,1H3. The van der Waals surface area contributed by atoms with E-state index < -0.39 is 0 Å². The van der Waals surface area contributed by atoms with Crippen LogP contribution in [0.3, 0.4) is 0 Å². The molecule has 2 rings (SSSR count). The number of hydrogen-bond donors (Lipinski definition) is 1. The lowest BCUT2D eigenvalue weighted by Gasteiger charge is -2.36. The van der Waals surface area contributed by atoms with Crippen LogP contribution in [0.5, 0.6) is 5.75 Å². The quantitative estimate of drug-likeness (QED) is 0.812. The van der Waals surface area contributed by atoms with Gasteiger partial charge in [0.1, 0.15) is 5.75 Å². The summed E-state index contributed by atoms with van der Waals surface area (Å²) in [6.45, 7) is 8.00. The Morgan fingerprint density at radius 2 is 1.67 bits per heavy atom. The van der Waals surface area contributed by atoms with Gasteiger partial charge >= 0.3 is 0 Å². The highest BCUT2D eigenvalue weighted by molar-refractivity contribution is 5.49. The highest BCUT2D eigenvalue weighted by Crippen LogP contribution is 2.19. The fourth-order valence-electron chi connectivity index (χ4n) is 2.48. The second-order valence-electron chi connectivity index (χ2n) is 5.05. The SMILES string of the molecule is CCCCCN1CCN(c2ccc(O)cc2)CC1. The summed E-state index contributed by atoms with van der Waals surface area (Å²) in [5.74, 6) is 0.344. The van der Waals surface area contributed by atoms with Crippen molar-refractivity contribution in [2.24, 2.45) is 0 Å². The molecule has 0 aromatic heterocycles. The van der Waals surface area contributed by atoms with Crippen LogP contribution >= 0.6 is 0 Å². The number of aromatic hydroxyl groups is 1. The van der Waals surface area contributed by atoms with E-state index in [2.05, 4.69) is 16.7 Å². The molecule has 1 aliphatic heterocycles. The van der Waals surface area contributed by atoms with Crippen molar-refractivity contribution in [3.63, 3.8) is 0 Å². The van der Waals surface area contributed by atoms with E-state index in [1.807, 2.05) is 12.1 Å². The van der Waals surface area contributed by atoms with Gasteiger partial charge in [-0.3, -0.25) is 4.90 Å². The highest BCUT2D eigenvalue weighted by atomic mass is 16.3. The average Bonchev–Trinajstić information content (AvgIpc) is 2.41. The Morgan fingerprint density at radius 1 is 1.00 bits per heavy atom. The van der Waals surface area contributed by atoms with Gasteiger partial charge in [-0.1, -0.05) is 19.8 Å². The molecule has 0 aliphatic carbocycles. The van der Waals surface area contributed by atoms with Gasteiger partial charge in [0.15, 0.2) is 0 Å². The second-order valence-corrected chi connectivity index (χ2v) is 5.05. The van der Waals surface area contributed by atoms with Crippen molar-refractivity contribution in [1.82, 2.24) is 4.90 Å². The Morgan fingerprint density at radius 3 is 2.28 bits per heavy atom. The Balaban J connectivity index is 1.77. The van der Waals surface area contributed by atoms with Crippen molar-refractivity contribution in [1.29, 1.82) is 0 Å². The molecule has 18 heavy (non-hydrogen) atoms. The van der Waals surface area contributed by atoms with Crippen LogP contribution in [0, 0.1) is 0 Å². The molecule has 0 bridgehead atoms. The molecule has 3 nitrogen and oxygen atoms in total. The largest absolute Gasteiger partial charge is 0.508 e. The molecule has 1 saturated heterocycles. The number of rotatable bonds is 5. The minimum atomic E-state index is 0.344. The molecule has 0 amide bonds. The molecule has 0 saturated carbocycles. The van der Waals surface area contributed by atoms with E-state index in [1.54, 1.807) is 12.1 Å². The first kappa shape index (κ1) is 13.2. The lowest BCUT2D eigenvalue weighted by Crippen LogP contribution is -2.46. The topological polar surface area (TPSA) is 26.7 Å². The van der Waals surface area contributed by atoms with E-state index in [9.17, 15) is 5.11 Å². The van der Waals surface area contributed by atoms with Crippen LogP contribution in [0.25, 0.3) is 0 Å². The lowest BCUT2D eigenvalue weighted by molar-refractivity contribution is 0.252. The van der Waals surface area contributed by atoms with Gasteiger partial charge in [-0.25, -0.2) is 0 Å². The summed E-state index contributed by atoms with van der Waals surface area (Å²) >= 11 is 0. The molecule has 0 radical (unpaired) electrons. The van der Waals surface area contributed by atoms with Crippen molar-refractivity contribution in [3.8, 4) is 5.75 Å². The molecule has 1 N–H and O–H groups in total. The van der Waals surface area contributed by atoms with E-state index in [-0.39, 0.29) is 0 Å². The number of hydrogen-bond acceptors (Lipinski definition) is 3. The number of benzene rings is 1. The smallest absolute Gasteiger partial charge is 0.115 e. The summed E-state index contributed by atoms with van der Waals surface area (Å²) in [7, 11) is 0. The van der Waals surface area contributed by atoms with Crippen LogP contribution in [0.1, 0.15) is 26.2 Å². The minimum Gasteiger partial charge on any atom is -0.508 e. The lowest BCUT2D eigenvalue weighted by atomic mass is 10.2. The van der Waals surface area contributed by atoms with Gasteiger partial charge in [0.25, 0.3) is 0 Å². The third kappa shape index (κ3) is 3.64. The molecule has 1 aromatic rings. The van der Waals surface area contributed by atoms with Crippen LogP contribution in [-0.2, 0) is 0 Å². The minimum absolute atomic E-state index is 0.344. The molecule has 100 valence electrons. The zero-order valence-corrected chi connectivity index (χ0v) is 11.3. The zero-order chi connectivity index (χ0) is 12.8. The van der Waals surface area contributed by atoms with E-state index in [0.29, 0.717) is 5.75 Å². The number of nitrogens with zero attached hydrogens (tertiary/aromatic N) is 2. The normalized spacial score (nSPS) is 17.1. The van der Waals surface area contributed by atoms with E-state index >= 15 is 0 Å². The summed E-state index contributed by atoms with van der Waals surface area (Å²) in [6, 6.07) is 7.54. The van der Waals surface area contributed by atoms with Crippen molar-refractivity contribution < 1.29 is 5.11 Å². The van der Waals surface area contributed by atoms with E-state index in [4.69, 9.17) is 0 Å². The maximum Gasteiger partial charge on any atom is 0.115 e. The molecule has 1 heterocycles. The zero-order valence-electron chi connectivity index (χ0n) is 11.3. The van der Waals surface area contributed by atoms with Crippen molar-refractivity contribution in [2.75, 3.05) is 37.6 Å². The van der Waals surface area contributed by atoms with Gasteiger partial charge in [0.05, 0.1) is 0 Å². The molecule has 3 heteroatoms. The third-order valence-corrected chi connectivity index (χ3v) is 3.67. The monoisotopic (exact) mass is 248 g/mol. The van der Waals surface area contributed by atoms with Crippen molar-refractivity contribution in [3.05, 3.63) is 24.3 Å². The van der Waals surface area contributed by atoms with Gasteiger partial charge in [0.2, 0.25) is 0 Å². The number of anilines is 1. The number of phenols is 1. The molecule has 0 spiro atoms. The first-order chi connectivity index (χ1) is 8.79. The first-order valence-corrected chi connectivity index (χ1v) is 7.06. The summed E-state index contributed by atoms with van der Waals surface area (Å²) in [6.07, 6.45) is 3.97. The van der Waals surface area contributed by atoms with E-state index in [0.717, 1.165) is 26.2 Å². The maximum absolute atomic E-state index is 9.29. The number of phenolic OH excluding ortho intramolecular Hbond substituents is 1. The second kappa shape index (κ2) is 6.64. The van der Waals surface area contributed by atoms with Crippen LogP contribution in [0.15, 0.2) is 24.3 Å². The van der Waals surface area contributed by atoms with Gasteiger partial charge in [0, 0.05) is 31.9 Å². The molecular formula is C15H24N2O. The Kier molecular flexibility index (Phi) is 4.88. The third-order valence-electron chi connectivity index (χ3n) is 3.67. The predicted octanol–water partition coefficient (Wildman–Crippen LogP) is 2.70. The molecule has 0 unspecified atom stereocenters. The molecule has 1 fully saturated rings.